The molecule has 0 bridgehead atoms. The van der Waals surface area contributed by atoms with E-state index in [1.807, 2.05) is 19.1 Å². The first kappa shape index (κ1) is 19.5. The highest BCUT2D eigenvalue weighted by Crippen LogP contribution is 2.21. The van der Waals surface area contributed by atoms with Crippen molar-refractivity contribution in [2.75, 3.05) is 5.32 Å². The number of rotatable bonds is 4. The summed E-state index contributed by atoms with van der Waals surface area (Å²) in [4.78, 5) is 38.2. The average molecular weight is 429 g/mol. The summed E-state index contributed by atoms with van der Waals surface area (Å²) in [6, 6.07) is 11.3. The van der Waals surface area contributed by atoms with Gasteiger partial charge in [-0.05, 0) is 43.3 Å². The predicted molar refractivity (Wildman–Crippen MR) is 116 cm³/mol. The highest BCUT2D eigenvalue weighted by molar-refractivity contribution is 5.90. The molecule has 0 saturated carbocycles. The molecule has 5 heterocycles. The van der Waals surface area contributed by atoms with Crippen molar-refractivity contribution >= 4 is 28.4 Å². The van der Waals surface area contributed by atoms with E-state index in [1.165, 1.54) is 16.7 Å². The van der Waals surface area contributed by atoms with Gasteiger partial charge in [-0.2, -0.15) is 9.61 Å². The summed E-state index contributed by atoms with van der Waals surface area (Å²) in [5.41, 5.74) is 2.69. The van der Waals surface area contributed by atoms with Crippen LogP contribution in [0.2, 0.25) is 0 Å². The average Bonchev–Trinajstić information content (AvgIpc) is 3.24. The Morgan fingerprint density at radius 1 is 1.09 bits per heavy atom. The summed E-state index contributed by atoms with van der Waals surface area (Å²) in [6.45, 7) is 1.59. The lowest BCUT2D eigenvalue weighted by molar-refractivity contribution is -0.116. The smallest absolute Gasteiger partial charge is 0.263 e. The first-order chi connectivity index (χ1) is 15.5. The fourth-order valence-corrected chi connectivity index (χ4v) is 3.48. The van der Waals surface area contributed by atoms with Crippen LogP contribution in [-0.2, 0) is 11.3 Å². The minimum Gasteiger partial charge on any atom is -0.309 e. The molecule has 0 radical (unpaired) electrons. The first-order valence-electron chi connectivity index (χ1n) is 9.71. The quantitative estimate of drug-likeness (QED) is 0.471. The maximum Gasteiger partial charge on any atom is 0.263 e. The summed E-state index contributed by atoms with van der Waals surface area (Å²) in [6.07, 6.45) is 4.26. The second-order valence-corrected chi connectivity index (χ2v) is 7.16. The number of carbonyl (C=O) groups is 1. The van der Waals surface area contributed by atoms with E-state index in [9.17, 15) is 14.0 Å². The molecule has 10 heteroatoms. The number of halogens is 1. The molecule has 0 aliphatic rings. The summed E-state index contributed by atoms with van der Waals surface area (Å²) < 4.78 is 15.9. The van der Waals surface area contributed by atoms with Gasteiger partial charge in [-0.1, -0.05) is 0 Å². The molecule has 0 aliphatic heterocycles. The van der Waals surface area contributed by atoms with Gasteiger partial charge in [0.1, 0.15) is 23.8 Å². The Bertz CT molecular complexity index is 1540. The van der Waals surface area contributed by atoms with Gasteiger partial charge in [0.25, 0.3) is 5.56 Å². The molecule has 0 aromatic carbocycles. The van der Waals surface area contributed by atoms with Crippen LogP contribution in [-0.4, -0.2) is 35.0 Å². The van der Waals surface area contributed by atoms with Gasteiger partial charge in [-0.15, -0.1) is 0 Å². The number of nitrogens with one attached hydrogen (secondary N) is 1. The molecule has 0 fully saturated rings. The number of hydrogen-bond donors (Lipinski definition) is 1. The van der Waals surface area contributed by atoms with E-state index in [1.54, 1.807) is 35.1 Å². The zero-order valence-electron chi connectivity index (χ0n) is 16.9. The molecule has 0 unspecified atom stereocenters. The van der Waals surface area contributed by atoms with E-state index >= 15 is 0 Å². The number of carbonyl (C=O) groups excluding carboxylic acids is 1. The van der Waals surface area contributed by atoms with Gasteiger partial charge in [-0.25, -0.2) is 14.4 Å². The van der Waals surface area contributed by atoms with E-state index in [0.717, 1.165) is 17.5 Å². The summed E-state index contributed by atoms with van der Waals surface area (Å²) in [5.74, 6) is -0.815. The van der Waals surface area contributed by atoms with Crippen LogP contribution in [0.4, 0.5) is 10.2 Å². The van der Waals surface area contributed by atoms with Gasteiger partial charge in [-0.3, -0.25) is 19.1 Å². The minimum atomic E-state index is -0.513. The molecule has 32 heavy (non-hydrogen) atoms. The minimum absolute atomic E-state index is 0.185. The van der Waals surface area contributed by atoms with Crippen molar-refractivity contribution in [2.45, 2.75) is 13.5 Å². The topological polar surface area (TPSA) is 107 Å². The largest absolute Gasteiger partial charge is 0.309 e. The van der Waals surface area contributed by atoms with Crippen LogP contribution in [0.25, 0.3) is 27.9 Å². The third-order valence-corrected chi connectivity index (χ3v) is 4.92. The molecule has 158 valence electrons. The molecule has 1 amide bonds. The van der Waals surface area contributed by atoms with Gasteiger partial charge in [0.05, 0.1) is 17.3 Å². The maximum absolute atomic E-state index is 13.2. The summed E-state index contributed by atoms with van der Waals surface area (Å²) in [5, 5.41) is 7.54. The van der Waals surface area contributed by atoms with Gasteiger partial charge >= 0.3 is 0 Å². The van der Waals surface area contributed by atoms with Gasteiger partial charge < -0.3 is 5.32 Å². The molecule has 5 rings (SSSR count). The molecule has 0 spiro atoms. The van der Waals surface area contributed by atoms with Crippen molar-refractivity contribution in [1.29, 1.82) is 0 Å². The normalized spacial score (nSPS) is 11.2. The Balaban J connectivity index is 1.63. The lowest BCUT2D eigenvalue weighted by Gasteiger charge is -2.10. The number of nitrogens with zero attached hydrogens (tertiary/aromatic N) is 6. The van der Waals surface area contributed by atoms with Crippen molar-refractivity contribution in [3.8, 4) is 11.3 Å². The van der Waals surface area contributed by atoms with Crippen molar-refractivity contribution < 1.29 is 9.18 Å². The zero-order valence-corrected chi connectivity index (χ0v) is 16.9. The Morgan fingerprint density at radius 2 is 1.97 bits per heavy atom. The molecule has 9 nitrogen and oxygen atoms in total. The standard InChI is InChI=1S/C22H16FN7O2/c1-13-9-14(6-8-24-13)17-10-20-29(12-19(31)27-18-5-4-15(23)11-26-18)22(32)16-3-2-7-25-21(16)30(20)28-17/h2-11H,12H2,1H3,(H,26,27,31). The Labute approximate surface area is 180 Å². The zero-order chi connectivity index (χ0) is 22.2. The van der Waals surface area contributed by atoms with Crippen LogP contribution in [0, 0.1) is 12.7 Å². The van der Waals surface area contributed by atoms with Crippen LogP contribution in [0.3, 0.4) is 0 Å². The van der Waals surface area contributed by atoms with Crippen LogP contribution in [0.15, 0.2) is 65.8 Å². The van der Waals surface area contributed by atoms with Crippen LogP contribution < -0.4 is 10.9 Å². The highest BCUT2D eigenvalue weighted by atomic mass is 19.1. The molecule has 0 saturated heterocycles. The molecular weight excluding hydrogens is 413 g/mol. The second-order valence-electron chi connectivity index (χ2n) is 7.16. The summed E-state index contributed by atoms with van der Waals surface area (Å²) >= 11 is 0. The third-order valence-electron chi connectivity index (χ3n) is 4.92. The highest BCUT2D eigenvalue weighted by Gasteiger charge is 2.17. The molecular formula is C22H16FN7O2. The number of pyridine rings is 3. The van der Waals surface area contributed by atoms with Crippen LogP contribution in [0.1, 0.15) is 5.69 Å². The first-order valence-corrected chi connectivity index (χ1v) is 9.71. The maximum atomic E-state index is 13.2. The molecule has 1 N–H and O–H groups in total. The lowest BCUT2D eigenvalue weighted by atomic mass is 10.2. The van der Waals surface area contributed by atoms with Crippen molar-refractivity contribution in [3.05, 3.63) is 82.9 Å². The van der Waals surface area contributed by atoms with Crippen molar-refractivity contribution in [1.82, 2.24) is 29.1 Å². The Kier molecular flexibility index (Phi) is 4.66. The molecule has 5 aromatic rings. The van der Waals surface area contributed by atoms with E-state index in [-0.39, 0.29) is 17.9 Å². The second kappa shape index (κ2) is 7.65. The van der Waals surface area contributed by atoms with Crippen molar-refractivity contribution in [3.63, 3.8) is 0 Å². The van der Waals surface area contributed by atoms with Crippen LogP contribution >= 0.6 is 0 Å². The number of hydrogen-bond acceptors (Lipinski definition) is 6. The van der Waals surface area contributed by atoms with Gasteiger partial charge in [0, 0.05) is 29.7 Å². The predicted octanol–water partition coefficient (Wildman–Crippen LogP) is 2.59. The van der Waals surface area contributed by atoms with Crippen LogP contribution in [0.5, 0.6) is 0 Å². The number of anilines is 1. The van der Waals surface area contributed by atoms with E-state index < -0.39 is 11.7 Å². The third kappa shape index (κ3) is 3.47. The van der Waals surface area contributed by atoms with E-state index in [4.69, 9.17) is 0 Å². The monoisotopic (exact) mass is 429 g/mol. The van der Waals surface area contributed by atoms with E-state index in [0.29, 0.717) is 22.4 Å². The fourth-order valence-electron chi connectivity index (χ4n) is 3.48. The number of fused-ring (bicyclic) bond motifs is 3. The van der Waals surface area contributed by atoms with Gasteiger partial charge in [0.2, 0.25) is 5.91 Å². The molecule has 0 atom stereocenters. The summed E-state index contributed by atoms with van der Waals surface area (Å²) in [7, 11) is 0. The van der Waals surface area contributed by atoms with E-state index in [2.05, 4.69) is 25.4 Å². The Hall–Kier alpha value is -4.47. The SMILES string of the molecule is Cc1cc(-c2cc3n(CC(=O)Nc4ccc(F)cn4)c(=O)c4cccnc4n3n2)ccn1. The van der Waals surface area contributed by atoms with Crippen molar-refractivity contribution in [2.24, 2.45) is 0 Å². The fraction of sp³-hybridized carbons (Fsp3) is 0.0909. The Morgan fingerprint density at radius 3 is 2.75 bits per heavy atom. The number of amides is 1. The molecule has 0 aliphatic carbocycles. The molecule has 5 aromatic heterocycles. The number of aromatic nitrogens is 6. The van der Waals surface area contributed by atoms with Gasteiger partial charge in [0.15, 0.2) is 5.65 Å². The number of aryl methyl sites for hydroxylation is 1. The lowest BCUT2D eigenvalue weighted by Crippen LogP contribution is -2.29.